The number of amides is 1. The zero-order valence-corrected chi connectivity index (χ0v) is 20.5. The van der Waals surface area contributed by atoms with E-state index in [1.165, 1.54) is 7.11 Å². The lowest BCUT2D eigenvalue weighted by molar-refractivity contribution is 0.0600. The van der Waals surface area contributed by atoms with Crippen LogP contribution in [-0.4, -0.2) is 35.6 Å². The Morgan fingerprint density at radius 2 is 1.85 bits per heavy atom. The van der Waals surface area contributed by atoms with Gasteiger partial charge in [-0.25, -0.2) is 9.59 Å². The van der Waals surface area contributed by atoms with Gasteiger partial charge in [0, 0.05) is 27.6 Å². The second-order valence-corrected chi connectivity index (χ2v) is 9.29. The van der Waals surface area contributed by atoms with Crippen LogP contribution >= 0.6 is 27.5 Å². The molecule has 1 aromatic heterocycles. The largest absolute Gasteiger partial charge is 0.465 e. The lowest BCUT2D eigenvalue weighted by Gasteiger charge is -2.35. The maximum atomic E-state index is 13.4. The predicted molar refractivity (Wildman–Crippen MR) is 134 cm³/mol. The molecule has 1 N–H and O–H groups in total. The molecule has 1 aliphatic rings. The number of rotatable bonds is 3. The molecule has 3 aromatic carbocycles. The van der Waals surface area contributed by atoms with Crippen LogP contribution in [-0.2, 0) is 11.2 Å². The number of aromatic nitrogens is 1. The van der Waals surface area contributed by atoms with Crippen LogP contribution in [0.15, 0.2) is 71.2 Å². The van der Waals surface area contributed by atoms with E-state index in [-0.39, 0.29) is 0 Å². The molecule has 0 spiro atoms. The SMILES string of the molecule is COC(=O)c1ccc(C2c3[nH]c4ccc(Br)cc4c3CCN2C(=O)Oc2ccccc2Cl)cc1. The first-order chi connectivity index (χ1) is 16.5. The normalized spacial score (nSPS) is 15.1. The van der Waals surface area contributed by atoms with E-state index in [0.717, 1.165) is 32.2 Å². The molecule has 1 aliphatic heterocycles. The standard InChI is InChI=1S/C26H20BrClN2O4/c1-33-25(31)16-8-6-15(7-9-16)24-23-18(19-14-17(27)10-11-21(19)29-23)12-13-30(24)26(32)34-22-5-3-2-4-20(22)28/h2-11,14,24,29H,12-13H2,1H3. The Balaban J connectivity index is 1.58. The van der Waals surface area contributed by atoms with Crippen LogP contribution < -0.4 is 4.74 Å². The minimum atomic E-state index is -0.499. The van der Waals surface area contributed by atoms with Crippen LogP contribution in [0.2, 0.25) is 5.02 Å². The van der Waals surface area contributed by atoms with Crippen LogP contribution in [0.5, 0.6) is 5.75 Å². The summed E-state index contributed by atoms with van der Waals surface area (Å²) in [7, 11) is 1.35. The number of H-pyrrole nitrogens is 1. The number of aromatic amines is 1. The Hall–Kier alpha value is -3.29. The average Bonchev–Trinajstić information content (AvgIpc) is 3.22. The molecule has 0 radical (unpaired) electrons. The minimum absolute atomic E-state index is 0.306. The van der Waals surface area contributed by atoms with Gasteiger partial charge in [-0.1, -0.05) is 51.8 Å². The highest BCUT2D eigenvalue weighted by molar-refractivity contribution is 9.10. The summed E-state index contributed by atoms with van der Waals surface area (Å²) < 4.78 is 11.5. The van der Waals surface area contributed by atoms with E-state index in [1.54, 1.807) is 41.3 Å². The van der Waals surface area contributed by atoms with Gasteiger partial charge in [-0.15, -0.1) is 0 Å². The van der Waals surface area contributed by atoms with Crippen LogP contribution in [0.3, 0.4) is 0 Å². The molecule has 34 heavy (non-hydrogen) atoms. The van der Waals surface area contributed by atoms with E-state index >= 15 is 0 Å². The quantitative estimate of drug-likeness (QED) is 0.301. The first-order valence-corrected chi connectivity index (χ1v) is 11.8. The Morgan fingerprint density at radius 1 is 1.09 bits per heavy atom. The topological polar surface area (TPSA) is 71.6 Å². The molecule has 1 amide bonds. The van der Waals surface area contributed by atoms with Crippen LogP contribution in [0.25, 0.3) is 10.9 Å². The highest BCUT2D eigenvalue weighted by Gasteiger charge is 2.36. The third-order valence-electron chi connectivity index (χ3n) is 6.00. The zero-order chi connectivity index (χ0) is 23.8. The first-order valence-electron chi connectivity index (χ1n) is 10.7. The molecule has 0 bridgehead atoms. The fraction of sp³-hybridized carbons (Fsp3) is 0.154. The van der Waals surface area contributed by atoms with E-state index in [1.807, 2.05) is 24.3 Å². The highest BCUT2D eigenvalue weighted by Crippen LogP contribution is 2.40. The van der Waals surface area contributed by atoms with Crippen molar-refractivity contribution >= 4 is 50.5 Å². The molecule has 6 nitrogen and oxygen atoms in total. The number of nitrogens with zero attached hydrogens (tertiary/aromatic N) is 1. The summed E-state index contributed by atoms with van der Waals surface area (Å²) in [4.78, 5) is 30.5. The van der Waals surface area contributed by atoms with E-state index in [0.29, 0.717) is 29.3 Å². The van der Waals surface area contributed by atoms with Crippen molar-refractivity contribution in [3.63, 3.8) is 0 Å². The number of esters is 1. The van der Waals surface area contributed by atoms with Gasteiger partial charge in [0.15, 0.2) is 5.75 Å². The number of ether oxygens (including phenoxy) is 2. The molecule has 1 atom stereocenters. The predicted octanol–water partition coefficient (Wildman–Crippen LogP) is 6.52. The van der Waals surface area contributed by atoms with E-state index in [2.05, 4.69) is 27.0 Å². The number of hydrogen-bond donors (Lipinski definition) is 1. The van der Waals surface area contributed by atoms with E-state index in [9.17, 15) is 9.59 Å². The van der Waals surface area contributed by atoms with Crippen LogP contribution in [0, 0.1) is 0 Å². The van der Waals surface area contributed by atoms with Crippen molar-refractivity contribution in [1.29, 1.82) is 0 Å². The molecule has 0 saturated heterocycles. The van der Waals surface area contributed by atoms with Gasteiger partial charge in [0.05, 0.1) is 17.7 Å². The van der Waals surface area contributed by atoms with Gasteiger partial charge in [0.25, 0.3) is 0 Å². The number of fused-ring (bicyclic) bond motifs is 3. The Kier molecular flexibility index (Phi) is 6.06. The fourth-order valence-electron chi connectivity index (χ4n) is 4.40. The van der Waals surface area contributed by atoms with Crippen molar-refractivity contribution in [1.82, 2.24) is 9.88 Å². The molecule has 0 saturated carbocycles. The van der Waals surface area contributed by atoms with Crippen molar-refractivity contribution < 1.29 is 19.1 Å². The number of hydrogen-bond acceptors (Lipinski definition) is 4. The summed E-state index contributed by atoms with van der Waals surface area (Å²) >= 11 is 9.78. The lowest BCUT2D eigenvalue weighted by atomic mass is 9.92. The molecule has 172 valence electrons. The van der Waals surface area contributed by atoms with Gasteiger partial charge < -0.3 is 14.5 Å². The monoisotopic (exact) mass is 538 g/mol. The molecule has 1 unspecified atom stereocenters. The summed E-state index contributed by atoms with van der Waals surface area (Å²) in [6.07, 6.45) is 0.167. The molecule has 0 fully saturated rings. The minimum Gasteiger partial charge on any atom is -0.465 e. The molecule has 0 aliphatic carbocycles. The summed E-state index contributed by atoms with van der Waals surface area (Å²) in [5, 5.41) is 1.47. The van der Waals surface area contributed by atoms with E-state index < -0.39 is 18.1 Å². The molecule has 8 heteroatoms. The second-order valence-electron chi connectivity index (χ2n) is 7.97. The number of carbonyl (C=O) groups excluding carboxylic acids is 2. The third kappa shape index (κ3) is 4.06. The number of nitrogens with one attached hydrogen (secondary N) is 1. The van der Waals surface area contributed by atoms with Gasteiger partial charge in [-0.05, 0) is 60.0 Å². The molecular formula is C26H20BrClN2O4. The van der Waals surface area contributed by atoms with Crippen molar-refractivity contribution in [3.8, 4) is 5.75 Å². The molecule has 4 aromatic rings. The van der Waals surface area contributed by atoms with Gasteiger partial charge in [-0.3, -0.25) is 4.90 Å². The Labute approximate surface area is 209 Å². The number of methoxy groups -OCH3 is 1. The summed E-state index contributed by atoms with van der Waals surface area (Å²) in [6.45, 7) is 0.458. The van der Waals surface area contributed by atoms with Crippen LogP contribution in [0.4, 0.5) is 4.79 Å². The van der Waals surface area contributed by atoms with Gasteiger partial charge in [0.1, 0.15) is 6.04 Å². The fourth-order valence-corrected chi connectivity index (χ4v) is 4.94. The molecule has 5 rings (SSSR count). The third-order valence-corrected chi connectivity index (χ3v) is 6.81. The highest BCUT2D eigenvalue weighted by atomic mass is 79.9. The smallest absolute Gasteiger partial charge is 0.416 e. The lowest BCUT2D eigenvalue weighted by Crippen LogP contribution is -2.42. The second kappa shape index (κ2) is 9.16. The number of carbonyl (C=O) groups is 2. The Morgan fingerprint density at radius 3 is 2.59 bits per heavy atom. The van der Waals surface area contributed by atoms with Crippen molar-refractivity contribution in [3.05, 3.63) is 98.6 Å². The van der Waals surface area contributed by atoms with Gasteiger partial charge in [-0.2, -0.15) is 0 Å². The maximum absolute atomic E-state index is 13.4. The van der Waals surface area contributed by atoms with Crippen molar-refractivity contribution in [2.45, 2.75) is 12.5 Å². The maximum Gasteiger partial charge on any atom is 0.416 e. The van der Waals surface area contributed by atoms with E-state index in [4.69, 9.17) is 21.1 Å². The summed E-state index contributed by atoms with van der Waals surface area (Å²) in [5.74, 6) is -0.110. The van der Waals surface area contributed by atoms with Crippen molar-refractivity contribution in [2.24, 2.45) is 0 Å². The zero-order valence-electron chi connectivity index (χ0n) is 18.2. The van der Waals surface area contributed by atoms with Gasteiger partial charge >= 0.3 is 12.1 Å². The number of halogens is 2. The number of benzene rings is 3. The Bertz CT molecular complexity index is 1400. The van der Waals surface area contributed by atoms with Crippen LogP contribution in [0.1, 0.15) is 33.2 Å². The van der Waals surface area contributed by atoms with Crippen molar-refractivity contribution in [2.75, 3.05) is 13.7 Å². The number of para-hydroxylation sites is 1. The van der Waals surface area contributed by atoms with Gasteiger partial charge in [0.2, 0.25) is 0 Å². The molecule has 2 heterocycles. The molecular weight excluding hydrogens is 520 g/mol. The average molecular weight is 540 g/mol. The summed E-state index contributed by atoms with van der Waals surface area (Å²) in [5.41, 5.74) is 4.34. The summed E-state index contributed by atoms with van der Waals surface area (Å²) in [6, 6.07) is 19.6. The first kappa shape index (κ1) is 22.5.